The molecule has 0 saturated heterocycles. The van der Waals surface area contributed by atoms with E-state index in [1.54, 1.807) is 5.19 Å². The lowest BCUT2D eigenvalue weighted by molar-refractivity contribution is 1.78. The summed E-state index contributed by atoms with van der Waals surface area (Å²) in [6.45, 7) is 7.31. The molecule has 0 fully saturated rings. The van der Waals surface area contributed by atoms with Crippen molar-refractivity contribution in [2.45, 2.75) is 19.6 Å². The molecule has 0 aliphatic rings. The second-order valence-electron chi connectivity index (χ2n) is 4.90. The van der Waals surface area contributed by atoms with Crippen molar-refractivity contribution in [1.29, 1.82) is 0 Å². The zero-order valence-electron chi connectivity index (χ0n) is 9.54. The van der Waals surface area contributed by atoms with Gasteiger partial charge in [0.25, 0.3) is 0 Å². The Kier molecular flexibility index (Phi) is 2.80. The molecule has 0 aliphatic carbocycles. The monoisotopic (exact) mass is 228 g/mol. The fraction of sp³-hybridized carbons (Fsp3) is 0.231. The second-order valence-corrected chi connectivity index (χ2v) is 15.4. The molecule has 0 saturated carbocycles. The summed E-state index contributed by atoms with van der Waals surface area (Å²) in [5.74, 6) is 0. The molecular formula is C13H16Si2. The minimum Gasteiger partial charge on any atom is -0.0716 e. The lowest BCUT2D eigenvalue weighted by Gasteiger charge is -2.16. The summed E-state index contributed by atoms with van der Waals surface area (Å²) in [7, 11) is 0.0190. The van der Waals surface area contributed by atoms with Gasteiger partial charge in [0.05, 0.1) is 9.04 Å². The Labute approximate surface area is 95.0 Å². The van der Waals surface area contributed by atoms with E-state index in [-0.39, 0.29) is 0 Å². The molecule has 2 radical (unpaired) electrons. The summed E-state index contributed by atoms with van der Waals surface area (Å²) < 4.78 is 0. The van der Waals surface area contributed by atoms with Gasteiger partial charge < -0.3 is 0 Å². The van der Waals surface area contributed by atoms with Crippen LogP contribution >= 0.6 is 0 Å². The van der Waals surface area contributed by atoms with Gasteiger partial charge in [-0.25, -0.2) is 0 Å². The van der Waals surface area contributed by atoms with E-state index in [4.69, 9.17) is 0 Å². The summed E-state index contributed by atoms with van der Waals surface area (Å²) in [4.78, 5) is 0. The number of rotatable bonds is 2. The highest BCUT2D eigenvalue weighted by Gasteiger charge is 2.16. The van der Waals surface area contributed by atoms with Gasteiger partial charge in [-0.15, -0.1) is 0 Å². The molecule has 76 valence electrons. The quantitative estimate of drug-likeness (QED) is 0.693. The first kappa shape index (κ1) is 10.6. The average Bonchev–Trinajstić information content (AvgIpc) is 2.16. The molecule has 2 heteroatoms. The molecule has 2 rings (SSSR count). The Bertz CT molecular complexity index is 464. The molecule has 2 aromatic rings. The van der Waals surface area contributed by atoms with Crippen LogP contribution in [0.1, 0.15) is 0 Å². The lowest BCUT2D eigenvalue weighted by atomic mass is 10.1. The molecule has 0 aromatic heterocycles. The van der Waals surface area contributed by atoms with Crippen molar-refractivity contribution in [1.82, 2.24) is 0 Å². The average molecular weight is 228 g/mol. The molecule has 0 aliphatic heterocycles. The van der Waals surface area contributed by atoms with E-state index in [9.17, 15) is 0 Å². The van der Waals surface area contributed by atoms with Crippen LogP contribution in [0, 0.1) is 0 Å². The van der Waals surface area contributed by atoms with Crippen molar-refractivity contribution >= 4 is 32.6 Å². The highest BCUT2D eigenvalue weighted by molar-refractivity contribution is 7.27. The maximum absolute atomic E-state index is 2.44. The minimum atomic E-state index is -0.987. The Morgan fingerprint density at radius 2 is 1.53 bits per heavy atom. The summed E-state index contributed by atoms with van der Waals surface area (Å²) in [5.41, 5.74) is 0. The number of hydrogen-bond acceptors (Lipinski definition) is 0. The zero-order chi connectivity index (χ0) is 10.9. The van der Waals surface area contributed by atoms with Crippen molar-refractivity contribution in [3.05, 3.63) is 42.5 Å². The van der Waals surface area contributed by atoms with E-state index >= 15 is 0 Å². The van der Waals surface area contributed by atoms with Crippen molar-refractivity contribution < 1.29 is 0 Å². The molecular weight excluding hydrogens is 212 g/mol. The highest BCUT2D eigenvalue weighted by Crippen LogP contribution is 2.11. The molecule has 0 nitrogen and oxygen atoms in total. The van der Waals surface area contributed by atoms with Crippen LogP contribution < -0.4 is 5.19 Å². The van der Waals surface area contributed by atoms with Crippen LogP contribution in [0.25, 0.3) is 10.8 Å². The SMILES string of the molecule is C[Si](C)(C)[Si]c1cccc2ccccc12. The Balaban J connectivity index is 2.52. The maximum Gasteiger partial charge on any atom is 0.0713 e. The second kappa shape index (κ2) is 3.95. The largest absolute Gasteiger partial charge is 0.0716 e. The first-order chi connectivity index (χ1) is 7.06. The van der Waals surface area contributed by atoms with E-state index in [1.165, 1.54) is 10.8 Å². The van der Waals surface area contributed by atoms with Crippen LogP contribution in [0.4, 0.5) is 0 Å². The van der Waals surface area contributed by atoms with Crippen LogP contribution in [0.2, 0.25) is 19.6 Å². The first-order valence-corrected chi connectivity index (χ1v) is 10.8. The smallest absolute Gasteiger partial charge is 0.0713 e. The summed E-state index contributed by atoms with van der Waals surface area (Å²) in [6.07, 6.45) is 0. The van der Waals surface area contributed by atoms with Gasteiger partial charge in [-0.3, -0.25) is 0 Å². The van der Waals surface area contributed by atoms with Gasteiger partial charge >= 0.3 is 0 Å². The van der Waals surface area contributed by atoms with E-state index in [0.29, 0.717) is 0 Å². The molecule has 0 N–H and O–H groups in total. The lowest BCUT2D eigenvalue weighted by Crippen LogP contribution is -2.38. The van der Waals surface area contributed by atoms with Crippen molar-refractivity contribution in [3.8, 4) is 0 Å². The predicted octanol–water partition coefficient (Wildman–Crippen LogP) is 3.00. The predicted molar refractivity (Wildman–Crippen MR) is 72.7 cm³/mol. The molecule has 2 aromatic carbocycles. The van der Waals surface area contributed by atoms with Crippen LogP contribution in [-0.2, 0) is 0 Å². The Morgan fingerprint density at radius 3 is 2.27 bits per heavy atom. The third-order valence-corrected chi connectivity index (χ3v) is 6.81. The molecule has 0 heterocycles. The van der Waals surface area contributed by atoms with E-state index < -0.39 is 7.59 Å². The zero-order valence-corrected chi connectivity index (χ0v) is 11.5. The van der Waals surface area contributed by atoms with Crippen LogP contribution in [0.15, 0.2) is 42.5 Å². The summed E-state index contributed by atoms with van der Waals surface area (Å²) in [6, 6.07) is 15.4. The molecule has 0 bridgehead atoms. The van der Waals surface area contributed by atoms with Crippen molar-refractivity contribution in [3.63, 3.8) is 0 Å². The number of benzene rings is 2. The molecule has 0 spiro atoms. The van der Waals surface area contributed by atoms with Crippen LogP contribution in [-0.4, -0.2) is 16.6 Å². The Hall–Kier alpha value is -0.866. The van der Waals surface area contributed by atoms with Crippen molar-refractivity contribution in [2.75, 3.05) is 0 Å². The normalized spacial score (nSPS) is 11.9. The highest BCUT2D eigenvalue weighted by atomic mass is 29.2. The third-order valence-electron chi connectivity index (χ3n) is 2.30. The topological polar surface area (TPSA) is 0 Å². The Morgan fingerprint density at radius 1 is 0.867 bits per heavy atom. The van der Waals surface area contributed by atoms with Crippen molar-refractivity contribution in [2.24, 2.45) is 0 Å². The molecule has 15 heavy (non-hydrogen) atoms. The fourth-order valence-electron chi connectivity index (χ4n) is 1.74. The van der Waals surface area contributed by atoms with Gasteiger partial charge in [0.2, 0.25) is 0 Å². The van der Waals surface area contributed by atoms with Crippen LogP contribution in [0.3, 0.4) is 0 Å². The van der Waals surface area contributed by atoms with E-state index in [0.717, 1.165) is 9.04 Å². The van der Waals surface area contributed by atoms with Gasteiger partial charge in [0, 0.05) is 7.59 Å². The maximum atomic E-state index is 2.44. The third kappa shape index (κ3) is 2.58. The van der Waals surface area contributed by atoms with Gasteiger partial charge in [-0.05, 0) is 10.8 Å². The van der Waals surface area contributed by atoms with Gasteiger partial charge in [-0.2, -0.15) is 0 Å². The fourth-order valence-corrected chi connectivity index (χ4v) is 6.17. The molecule has 0 unspecified atom stereocenters. The standard InChI is InChI=1S/C13H16Si2/c1-15(2,3)14-13-10-6-8-11-7-4-5-9-12(11)13/h4-10H,1-3H3. The van der Waals surface area contributed by atoms with E-state index in [1.807, 2.05) is 0 Å². The number of fused-ring (bicyclic) bond motifs is 1. The van der Waals surface area contributed by atoms with Gasteiger partial charge in [0.15, 0.2) is 0 Å². The summed E-state index contributed by atoms with van der Waals surface area (Å²) in [5, 5.41) is 4.37. The van der Waals surface area contributed by atoms with Gasteiger partial charge in [-0.1, -0.05) is 67.3 Å². The van der Waals surface area contributed by atoms with E-state index in [2.05, 4.69) is 62.1 Å². The molecule has 0 amide bonds. The van der Waals surface area contributed by atoms with Crippen LogP contribution in [0.5, 0.6) is 0 Å². The first-order valence-electron chi connectivity index (χ1n) is 5.32. The summed E-state index contributed by atoms with van der Waals surface area (Å²) >= 11 is 0. The van der Waals surface area contributed by atoms with Gasteiger partial charge in [0.1, 0.15) is 0 Å². The molecule has 0 atom stereocenters. The minimum absolute atomic E-state index is 0.987. The number of hydrogen-bond donors (Lipinski definition) is 0.